The lowest BCUT2D eigenvalue weighted by Crippen LogP contribution is -2.81. The van der Waals surface area contributed by atoms with Gasteiger partial charge in [-0.3, -0.25) is 16.3 Å². The van der Waals surface area contributed by atoms with Gasteiger partial charge in [-0.15, -0.1) is 0 Å². The lowest BCUT2D eigenvalue weighted by Gasteiger charge is -2.04. The minimum atomic E-state index is -3.92. The average Bonchev–Trinajstić information content (AvgIpc) is 2.78. The summed E-state index contributed by atoms with van der Waals surface area (Å²) in [6.07, 6.45) is 3.90. The third-order valence-electron chi connectivity index (χ3n) is 2.90. The number of carbonyl (C=O) groups excluding carboxylic acids is 1. The average molecular weight is 341 g/mol. The highest BCUT2D eigenvalue weighted by molar-refractivity contribution is 7.84. The van der Waals surface area contributed by atoms with E-state index in [1.54, 1.807) is 7.11 Å². The van der Waals surface area contributed by atoms with Crippen molar-refractivity contribution in [3.63, 3.8) is 0 Å². The number of fused-ring (bicyclic) bond motifs is 1. The normalized spacial score (nSPS) is 14.5. The molecule has 9 heteroatoms. The molecule has 5 N–H and O–H groups in total. The van der Waals surface area contributed by atoms with Crippen LogP contribution in [0.4, 0.5) is 0 Å². The minimum absolute atomic E-state index is 0.0966. The quantitative estimate of drug-likeness (QED) is 0.245. The van der Waals surface area contributed by atoms with Gasteiger partial charge in [0.2, 0.25) is 0 Å². The van der Waals surface area contributed by atoms with E-state index in [2.05, 4.69) is 4.99 Å². The predicted molar refractivity (Wildman–Crippen MR) is 84.3 cm³/mol. The van der Waals surface area contributed by atoms with Crippen LogP contribution in [0, 0.1) is 0 Å². The van der Waals surface area contributed by atoms with Gasteiger partial charge >= 0.3 is 11.9 Å². The van der Waals surface area contributed by atoms with Gasteiger partial charge in [0.25, 0.3) is 0 Å². The highest BCUT2D eigenvalue weighted by Gasteiger charge is 2.18. The van der Waals surface area contributed by atoms with Crippen LogP contribution in [0.1, 0.15) is 17.5 Å². The zero-order chi connectivity index (χ0) is 17.6. The second kappa shape index (κ2) is 7.75. The van der Waals surface area contributed by atoms with Crippen molar-refractivity contribution in [3.8, 4) is 5.75 Å². The Morgan fingerprint density at radius 1 is 1.35 bits per heavy atom. The number of methoxy groups -OCH3 is 1. The fourth-order valence-corrected chi connectivity index (χ4v) is 2.09. The molecule has 0 radical (unpaired) electrons. The summed E-state index contributed by atoms with van der Waals surface area (Å²) in [5.74, 6) is 0.383. The summed E-state index contributed by atoms with van der Waals surface area (Å²) in [7, 11) is -2.29. The van der Waals surface area contributed by atoms with Crippen LogP contribution in [-0.2, 0) is 21.3 Å². The number of ether oxygens (including phenoxy) is 1. The number of hydrogen-bond acceptors (Lipinski definition) is 5. The van der Waals surface area contributed by atoms with Gasteiger partial charge in [0.1, 0.15) is 5.75 Å². The number of nitrogens with one attached hydrogen (secondary N) is 1. The molecule has 0 heterocycles. The maximum atomic E-state index is 11.6. The predicted octanol–water partition coefficient (Wildman–Crippen LogP) is -1.93. The molecule has 23 heavy (non-hydrogen) atoms. The molecule has 1 aromatic rings. The summed E-state index contributed by atoms with van der Waals surface area (Å²) in [6.45, 7) is 0. The van der Waals surface area contributed by atoms with Crippen LogP contribution in [-0.4, -0.2) is 38.2 Å². The zero-order valence-corrected chi connectivity index (χ0v) is 13.6. The molecule has 0 saturated heterocycles. The molecule has 126 valence electrons. The topological polar surface area (TPSA) is 150 Å². The van der Waals surface area contributed by atoms with Gasteiger partial charge < -0.3 is 9.29 Å². The molecule has 0 aliphatic heterocycles. The van der Waals surface area contributed by atoms with E-state index in [0.717, 1.165) is 29.7 Å². The highest BCUT2D eigenvalue weighted by atomic mass is 32.2. The third-order valence-corrected chi connectivity index (χ3v) is 2.90. The molecule has 1 amide bonds. The standard InChI is InChI=1S/C13H15N3O2.CH4O3S/c1-18-10-5-4-8-2-3-9(11(8)7-10)6-12(17)16-13(14)15;1-5(2,3)4/h4-7H,2-3H2,1H3,(H4,14,15,16,17);1H3,(H,2,3,4)/b9-6+;. The summed E-state index contributed by atoms with van der Waals surface area (Å²) >= 11 is 0. The molecule has 1 aliphatic rings. The molecule has 0 spiro atoms. The second-order valence-corrected chi connectivity index (χ2v) is 6.25. The van der Waals surface area contributed by atoms with E-state index in [1.165, 1.54) is 11.6 Å². The number of benzene rings is 1. The lowest BCUT2D eigenvalue weighted by atomic mass is 10.1. The Kier molecular flexibility index (Phi) is 6.28. The summed E-state index contributed by atoms with van der Waals surface area (Å²) < 4.78 is 32.4. The van der Waals surface area contributed by atoms with Gasteiger partial charge in [-0.1, -0.05) is 6.07 Å². The van der Waals surface area contributed by atoms with Crippen molar-refractivity contribution in [2.75, 3.05) is 13.4 Å². The van der Waals surface area contributed by atoms with Crippen LogP contribution in [0.25, 0.3) is 5.57 Å². The fraction of sp³-hybridized carbons (Fsp3) is 0.286. The molecule has 0 unspecified atom stereocenters. The Hall–Kier alpha value is -2.39. The van der Waals surface area contributed by atoms with Crippen LogP contribution in [0.5, 0.6) is 5.75 Å². The molecular formula is C14H19N3O5S. The molecule has 0 saturated carbocycles. The third kappa shape index (κ3) is 6.94. The van der Waals surface area contributed by atoms with Crippen molar-refractivity contribution < 1.29 is 27.5 Å². The van der Waals surface area contributed by atoms with E-state index in [1.807, 2.05) is 18.2 Å². The molecule has 2 rings (SSSR count). The minimum Gasteiger partial charge on any atom is -0.748 e. The van der Waals surface area contributed by atoms with Crippen molar-refractivity contribution in [2.45, 2.75) is 12.8 Å². The first kappa shape index (κ1) is 18.7. The van der Waals surface area contributed by atoms with Crippen molar-refractivity contribution in [3.05, 3.63) is 35.4 Å². The number of aryl methyl sites for hydroxylation is 1. The Labute approximate surface area is 134 Å². The SMILES string of the molecule is COc1ccc2c(c1)/C(=C/C(=O)[NH+]=C(N)N)CC2.CS(=O)(=O)[O-]. The van der Waals surface area contributed by atoms with Gasteiger partial charge in [-0.2, -0.15) is 0 Å². The van der Waals surface area contributed by atoms with Crippen molar-refractivity contribution >= 4 is 27.6 Å². The Balaban J connectivity index is 0.000000463. The van der Waals surface area contributed by atoms with Crippen LogP contribution in [0.2, 0.25) is 0 Å². The van der Waals surface area contributed by atoms with E-state index in [9.17, 15) is 4.79 Å². The molecule has 0 aromatic heterocycles. The largest absolute Gasteiger partial charge is 0.748 e. The van der Waals surface area contributed by atoms with Crippen molar-refractivity contribution in [1.29, 1.82) is 0 Å². The van der Waals surface area contributed by atoms with E-state index in [-0.39, 0.29) is 11.9 Å². The van der Waals surface area contributed by atoms with Crippen LogP contribution in [0.3, 0.4) is 0 Å². The molecular weight excluding hydrogens is 322 g/mol. The van der Waals surface area contributed by atoms with Gasteiger partial charge in [0, 0.05) is 12.3 Å². The van der Waals surface area contributed by atoms with Crippen LogP contribution >= 0.6 is 0 Å². The Bertz CT molecular complexity index is 742. The van der Waals surface area contributed by atoms with Gasteiger partial charge in [-0.25, -0.2) is 13.4 Å². The monoisotopic (exact) mass is 341 g/mol. The Morgan fingerprint density at radius 2 is 1.96 bits per heavy atom. The maximum absolute atomic E-state index is 11.6. The van der Waals surface area contributed by atoms with Gasteiger partial charge in [-0.05, 0) is 41.7 Å². The number of allylic oxidation sites excluding steroid dienone is 1. The number of amides is 1. The first-order chi connectivity index (χ1) is 10.6. The number of carbonyl (C=O) groups is 1. The summed E-state index contributed by atoms with van der Waals surface area (Å²) in [4.78, 5) is 13.9. The first-order valence-corrected chi connectivity index (χ1v) is 8.39. The maximum Gasteiger partial charge on any atom is 0.346 e. The number of nitrogens with two attached hydrogens (primary N) is 2. The molecule has 0 fully saturated rings. The summed E-state index contributed by atoms with van der Waals surface area (Å²) in [5, 5.41) is 0. The highest BCUT2D eigenvalue weighted by Crippen LogP contribution is 2.34. The molecule has 1 aliphatic carbocycles. The fourth-order valence-electron chi connectivity index (χ4n) is 2.09. The zero-order valence-electron chi connectivity index (χ0n) is 12.8. The summed E-state index contributed by atoms with van der Waals surface area (Å²) in [5.41, 5.74) is 13.7. The van der Waals surface area contributed by atoms with Crippen LogP contribution < -0.4 is 21.2 Å². The molecule has 1 aromatic carbocycles. The van der Waals surface area contributed by atoms with Gasteiger partial charge in [0.15, 0.2) is 0 Å². The summed E-state index contributed by atoms with van der Waals surface area (Å²) in [6, 6.07) is 5.89. The van der Waals surface area contributed by atoms with E-state index in [0.29, 0.717) is 6.26 Å². The molecule has 8 nitrogen and oxygen atoms in total. The first-order valence-electron chi connectivity index (χ1n) is 6.57. The number of rotatable bonds is 2. The van der Waals surface area contributed by atoms with Crippen LogP contribution in [0.15, 0.2) is 24.3 Å². The van der Waals surface area contributed by atoms with Crippen molar-refractivity contribution in [1.82, 2.24) is 0 Å². The molecule has 0 atom stereocenters. The number of hydrogen-bond donors (Lipinski definition) is 3. The molecule has 0 bridgehead atoms. The second-order valence-electron chi connectivity index (χ2n) is 4.84. The van der Waals surface area contributed by atoms with E-state index in [4.69, 9.17) is 29.2 Å². The van der Waals surface area contributed by atoms with E-state index >= 15 is 0 Å². The Morgan fingerprint density at radius 3 is 2.48 bits per heavy atom. The smallest absolute Gasteiger partial charge is 0.346 e. The lowest BCUT2D eigenvalue weighted by molar-refractivity contribution is -0.372. The number of guanidine groups is 1. The van der Waals surface area contributed by atoms with Crippen molar-refractivity contribution in [2.24, 2.45) is 11.5 Å². The van der Waals surface area contributed by atoms with E-state index < -0.39 is 10.1 Å². The van der Waals surface area contributed by atoms with Gasteiger partial charge in [0.05, 0.1) is 17.2 Å².